The SMILES string of the molecule is O=C1c2c(cncc2-c2ccncc2)CN1CCc1ccc2ccccc2n1. The minimum atomic E-state index is 0.0602. The van der Waals surface area contributed by atoms with Crippen LogP contribution in [-0.2, 0) is 13.0 Å². The zero-order valence-corrected chi connectivity index (χ0v) is 15.2. The number of aromatic nitrogens is 3. The third-order valence-electron chi connectivity index (χ3n) is 5.17. The van der Waals surface area contributed by atoms with Gasteiger partial charge in [0.2, 0.25) is 0 Å². The summed E-state index contributed by atoms with van der Waals surface area (Å²) in [4.78, 5) is 28.1. The van der Waals surface area contributed by atoms with Gasteiger partial charge >= 0.3 is 0 Å². The molecule has 5 rings (SSSR count). The maximum Gasteiger partial charge on any atom is 0.255 e. The van der Waals surface area contributed by atoms with Crippen LogP contribution in [0.4, 0.5) is 0 Å². The minimum absolute atomic E-state index is 0.0602. The first-order valence-corrected chi connectivity index (χ1v) is 9.31. The van der Waals surface area contributed by atoms with E-state index in [2.05, 4.69) is 22.1 Å². The average Bonchev–Trinajstić information content (AvgIpc) is 3.08. The fraction of sp³-hybridized carbons (Fsp3) is 0.130. The lowest BCUT2D eigenvalue weighted by Crippen LogP contribution is -2.26. The molecule has 4 heterocycles. The minimum Gasteiger partial charge on any atom is -0.334 e. The van der Waals surface area contributed by atoms with Gasteiger partial charge in [0.1, 0.15) is 0 Å². The number of carbonyl (C=O) groups excluding carboxylic acids is 1. The molecule has 0 aliphatic carbocycles. The normalized spacial score (nSPS) is 13.1. The van der Waals surface area contributed by atoms with Gasteiger partial charge in [0.25, 0.3) is 5.91 Å². The summed E-state index contributed by atoms with van der Waals surface area (Å²) in [6.45, 7) is 1.22. The number of para-hydroxylation sites is 1. The third kappa shape index (κ3) is 2.91. The Morgan fingerprint density at radius 1 is 0.929 bits per heavy atom. The molecule has 28 heavy (non-hydrogen) atoms. The first-order valence-electron chi connectivity index (χ1n) is 9.31. The summed E-state index contributed by atoms with van der Waals surface area (Å²) in [6.07, 6.45) is 7.75. The van der Waals surface area contributed by atoms with E-state index in [0.717, 1.165) is 45.3 Å². The second-order valence-corrected chi connectivity index (χ2v) is 6.93. The topological polar surface area (TPSA) is 59.0 Å². The molecule has 0 saturated heterocycles. The van der Waals surface area contributed by atoms with Gasteiger partial charge in [-0.1, -0.05) is 24.3 Å². The van der Waals surface area contributed by atoms with Crippen LogP contribution < -0.4 is 0 Å². The van der Waals surface area contributed by atoms with Crippen LogP contribution in [0.5, 0.6) is 0 Å². The standard InChI is InChI=1S/C23H18N4O/c28-23-22-18(13-25-14-20(22)16-7-10-24-11-8-16)15-27(23)12-9-19-6-5-17-3-1-2-4-21(17)26-19/h1-8,10-11,13-14H,9,12,15H2. The largest absolute Gasteiger partial charge is 0.334 e. The summed E-state index contributed by atoms with van der Waals surface area (Å²) < 4.78 is 0. The lowest BCUT2D eigenvalue weighted by atomic mass is 10.0. The molecule has 0 bridgehead atoms. The lowest BCUT2D eigenvalue weighted by molar-refractivity contribution is 0.0780. The number of rotatable bonds is 4. The van der Waals surface area contributed by atoms with E-state index in [4.69, 9.17) is 4.98 Å². The molecule has 0 saturated carbocycles. The Morgan fingerprint density at radius 2 is 1.79 bits per heavy atom. The summed E-state index contributed by atoms with van der Waals surface area (Å²) >= 11 is 0. The van der Waals surface area contributed by atoms with Crippen molar-refractivity contribution in [2.45, 2.75) is 13.0 Å². The number of fused-ring (bicyclic) bond motifs is 2. The van der Waals surface area contributed by atoms with Gasteiger partial charge in [0.15, 0.2) is 0 Å². The molecule has 1 amide bonds. The van der Waals surface area contributed by atoms with Crippen LogP contribution in [0.3, 0.4) is 0 Å². The molecule has 0 N–H and O–H groups in total. The second-order valence-electron chi connectivity index (χ2n) is 6.93. The van der Waals surface area contributed by atoms with Crippen molar-refractivity contribution in [1.82, 2.24) is 19.9 Å². The van der Waals surface area contributed by atoms with Crippen molar-refractivity contribution in [3.05, 3.63) is 90.1 Å². The Bertz CT molecular complexity index is 1170. The van der Waals surface area contributed by atoms with E-state index in [-0.39, 0.29) is 5.91 Å². The average molecular weight is 366 g/mol. The van der Waals surface area contributed by atoms with Crippen LogP contribution in [0, 0.1) is 0 Å². The number of amides is 1. The predicted molar refractivity (Wildman–Crippen MR) is 108 cm³/mol. The molecule has 4 aromatic rings. The van der Waals surface area contributed by atoms with Crippen LogP contribution in [-0.4, -0.2) is 32.3 Å². The van der Waals surface area contributed by atoms with Crippen LogP contribution in [0.25, 0.3) is 22.0 Å². The highest BCUT2D eigenvalue weighted by Gasteiger charge is 2.30. The van der Waals surface area contributed by atoms with Gasteiger partial charge in [-0.05, 0) is 29.8 Å². The Labute approximate surface area is 162 Å². The van der Waals surface area contributed by atoms with Crippen LogP contribution in [0.2, 0.25) is 0 Å². The van der Waals surface area contributed by atoms with Gasteiger partial charge in [-0.2, -0.15) is 0 Å². The van der Waals surface area contributed by atoms with Crippen LogP contribution in [0.15, 0.2) is 73.3 Å². The number of carbonyl (C=O) groups is 1. The number of nitrogens with zero attached hydrogens (tertiary/aromatic N) is 4. The summed E-state index contributed by atoms with van der Waals surface area (Å²) in [5, 5.41) is 1.13. The summed E-state index contributed by atoms with van der Waals surface area (Å²) in [7, 11) is 0. The molecule has 1 aromatic carbocycles. The molecule has 0 radical (unpaired) electrons. The molecule has 0 unspecified atom stereocenters. The Morgan fingerprint density at radius 3 is 2.68 bits per heavy atom. The van der Waals surface area contributed by atoms with Gasteiger partial charge in [-0.25, -0.2) is 0 Å². The van der Waals surface area contributed by atoms with Crippen molar-refractivity contribution in [3.8, 4) is 11.1 Å². The molecule has 5 heteroatoms. The molecule has 5 nitrogen and oxygen atoms in total. The van der Waals surface area contributed by atoms with Gasteiger partial charge in [-0.15, -0.1) is 0 Å². The molecular formula is C23H18N4O. The summed E-state index contributed by atoms with van der Waals surface area (Å²) in [6, 6.07) is 16.0. The molecule has 0 spiro atoms. The molecule has 1 aliphatic heterocycles. The lowest BCUT2D eigenvalue weighted by Gasteiger charge is -2.15. The molecular weight excluding hydrogens is 348 g/mol. The summed E-state index contributed by atoms with van der Waals surface area (Å²) in [5.41, 5.74) is 5.55. The predicted octanol–water partition coefficient (Wildman–Crippen LogP) is 3.89. The third-order valence-corrected chi connectivity index (χ3v) is 5.17. The zero-order valence-electron chi connectivity index (χ0n) is 15.2. The van der Waals surface area contributed by atoms with Crippen LogP contribution >= 0.6 is 0 Å². The van der Waals surface area contributed by atoms with E-state index in [9.17, 15) is 4.79 Å². The molecule has 1 aliphatic rings. The Kier molecular flexibility index (Phi) is 4.05. The van der Waals surface area contributed by atoms with Crippen molar-refractivity contribution < 1.29 is 4.79 Å². The maximum absolute atomic E-state index is 13.1. The number of hydrogen-bond donors (Lipinski definition) is 0. The highest BCUT2D eigenvalue weighted by molar-refractivity contribution is 6.04. The van der Waals surface area contributed by atoms with Crippen molar-refractivity contribution in [3.63, 3.8) is 0 Å². The van der Waals surface area contributed by atoms with E-state index in [0.29, 0.717) is 13.1 Å². The van der Waals surface area contributed by atoms with Crippen molar-refractivity contribution >= 4 is 16.8 Å². The van der Waals surface area contributed by atoms with Crippen molar-refractivity contribution in [2.75, 3.05) is 6.54 Å². The van der Waals surface area contributed by atoms with Crippen LogP contribution in [0.1, 0.15) is 21.6 Å². The molecule has 136 valence electrons. The first kappa shape index (κ1) is 16.6. The fourth-order valence-electron chi connectivity index (χ4n) is 3.74. The van der Waals surface area contributed by atoms with E-state index in [1.165, 1.54) is 0 Å². The highest BCUT2D eigenvalue weighted by Crippen LogP contribution is 2.31. The van der Waals surface area contributed by atoms with Gasteiger partial charge in [0.05, 0.1) is 11.1 Å². The summed E-state index contributed by atoms with van der Waals surface area (Å²) in [5.74, 6) is 0.0602. The monoisotopic (exact) mass is 366 g/mol. The number of hydrogen-bond acceptors (Lipinski definition) is 4. The maximum atomic E-state index is 13.1. The van der Waals surface area contributed by atoms with E-state index >= 15 is 0 Å². The highest BCUT2D eigenvalue weighted by atomic mass is 16.2. The fourth-order valence-corrected chi connectivity index (χ4v) is 3.74. The van der Waals surface area contributed by atoms with Gasteiger partial charge in [-0.3, -0.25) is 19.7 Å². The van der Waals surface area contributed by atoms with Crippen molar-refractivity contribution in [1.29, 1.82) is 0 Å². The number of pyridine rings is 3. The van der Waals surface area contributed by atoms with Gasteiger partial charge < -0.3 is 4.90 Å². The number of benzene rings is 1. The van der Waals surface area contributed by atoms with E-state index < -0.39 is 0 Å². The molecule has 0 atom stereocenters. The van der Waals surface area contributed by atoms with Gasteiger partial charge in [0, 0.05) is 66.5 Å². The quantitative estimate of drug-likeness (QED) is 0.550. The second kappa shape index (κ2) is 6.85. The molecule has 3 aromatic heterocycles. The molecule has 0 fully saturated rings. The van der Waals surface area contributed by atoms with E-state index in [1.54, 1.807) is 24.8 Å². The smallest absolute Gasteiger partial charge is 0.255 e. The van der Waals surface area contributed by atoms with E-state index in [1.807, 2.05) is 41.3 Å². The Balaban J connectivity index is 1.38. The Hall–Kier alpha value is -3.60. The van der Waals surface area contributed by atoms with Crippen molar-refractivity contribution in [2.24, 2.45) is 0 Å². The zero-order chi connectivity index (χ0) is 18.9. The first-order chi connectivity index (χ1) is 13.8.